The Morgan fingerprint density at radius 1 is 1.28 bits per heavy atom. The summed E-state index contributed by atoms with van der Waals surface area (Å²) in [5.41, 5.74) is 2.73. The average molecular weight is 337 g/mol. The number of imidazole rings is 1. The molecule has 1 atom stereocenters. The van der Waals surface area contributed by atoms with Crippen LogP contribution in [0.2, 0.25) is 0 Å². The maximum atomic E-state index is 12.5. The minimum absolute atomic E-state index is 0.0268. The molecule has 1 N–H and O–H groups in total. The van der Waals surface area contributed by atoms with Gasteiger partial charge in [0, 0.05) is 37.0 Å². The Kier molecular flexibility index (Phi) is 5.43. The first-order chi connectivity index (χ1) is 12.2. The Morgan fingerprint density at radius 2 is 2.08 bits per heavy atom. The second-order valence-corrected chi connectivity index (χ2v) is 6.36. The maximum Gasteiger partial charge on any atom is 0.224 e. The van der Waals surface area contributed by atoms with Crippen molar-refractivity contribution >= 4 is 17.3 Å². The SMILES string of the molecule is CC[C@@H](Cn1ccnc1)NC(=O)CC1=C(c2ccccc2)CCC1=O. The molecule has 0 spiro atoms. The number of nitrogens with one attached hydrogen (secondary N) is 1. The number of carbonyl (C=O) groups excluding carboxylic acids is 2. The minimum atomic E-state index is -0.0920. The van der Waals surface area contributed by atoms with Gasteiger partial charge in [-0.25, -0.2) is 4.98 Å². The lowest BCUT2D eigenvalue weighted by molar-refractivity contribution is -0.123. The van der Waals surface area contributed by atoms with Gasteiger partial charge in [0.15, 0.2) is 5.78 Å². The quantitative estimate of drug-likeness (QED) is 0.845. The van der Waals surface area contributed by atoms with Crippen molar-refractivity contribution in [3.05, 3.63) is 60.2 Å². The van der Waals surface area contributed by atoms with Gasteiger partial charge in [-0.1, -0.05) is 37.3 Å². The fourth-order valence-electron chi connectivity index (χ4n) is 3.24. The van der Waals surface area contributed by atoms with Gasteiger partial charge >= 0.3 is 0 Å². The number of nitrogens with zero attached hydrogens (tertiary/aromatic N) is 2. The van der Waals surface area contributed by atoms with Crippen LogP contribution >= 0.6 is 0 Å². The van der Waals surface area contributed by atoms with Crippen LogP contribution in [0.25, 0.3) is 5.57 Å². The zero-order valence-electron chi connectivity index (χ0n) is 14.4. The average Bonchev–Trinajstić information content (AvgIpc) is 3.26. The summed E-state index contributed by atoms with van der Waals surface area (Å²) in [7, 11) is 0. The number of amides is 1. The fraction of sp³-hybridized carbons (Fsp3) is 0.350. The Morgan fingerprint density at radius 3 is 2.76 bits per heavy atom. The molecule has 0 fully saturated rings. The van der Waals surface area contributed by atoms with Gasteiger partial charge in [0.2, 0.25) is 5.91 Å². The molecule has 0 saturated carbocycles. The summed E-state index contributed by atoms with van der Waals surface area (Å²) in [5, 5.41) is 3.05. The van der Waals surface area contributed by atoms with E-state index < -0.39 is 0 Å². The van der Waals surface area contributed by atoms with Crippen molar-refractivity contribution < 1.29 is 9.59 Å². The number of carbonyl (C=O) groups is 2. The predicted octanol–water partition coefficient (Wildman–Crippen LogP) is 2.98. The van der Waals surface area contributed by atoms with E-state index in [1.54, 1.807) is 12.5 Å². The van der Waals surface area contributed by atoms with E-state index in [9.17, 15) is 9.59 Å². The summed E-state index contributed by atoms with van der Waals surface area (Å²) in [6, 6.07) is 9.90. The largest absolute Gasteiger partial charge is 0.351 e. The number of allylic oxidation sites excluding steroid dienone is 1. The zero-order chi connectivity index (χ0) is 17.6. The number of rotatable bonds is 7. The van der Waals surface area contributed by atoms with Crippen LogP contribution in [-0.4, -0.2) is 27.3 Å². The molecule has 3 rings (SSSR count). The fourth-order valence-corrected chi connectivity index (χ4v) is 3.24. The summed E-state index contributed by atoms with van der Waals surface area (Å²) >= 11 is 0. The molecule has 2 aromatic rings. The summed E-state index contributed by atoms with van der Waals surface area (Å²) in [4.78, 5) is 28.8. The summed E-state index contributed by atoms with van der Waals surface area (Å²) in [6.07, 6.45) is 7.54. The number of hydrogen-bond donors (Lipinski definition) is 1. The highest BCUT2D eigenvalue weighted by atomic mass is 16.2. The van der Waals surface area contributed by atoms with E-state index in [1.165, 1.54) is 0 Å². The van der Waals surface area contributed by atoms with Gasteiger partial charge in [0.25, 0.3) is 0 Å². The molecule has 1 aromatic carbocycles. The van der Waals surface area contributed by atoms with Crippen molar-refractivity contribution in [2.75, 3.05) is 0 Å². The summed E-state index contributed by atoms with van der Waals surface area (Å²) in [6.45, 7) is 2.72. The van der Waals surface area contributed by atoms with Gasteiger partial charge in [-0.15, -0.1) is 0 Å². The molecule has 5 nitrogen and oxygen atoms in total. The molecule has 0 saturated heterocycles. The molecule has 5 heteroatoms. The van der Waals surface area contributed by atoms with E-state index >= 15 is 0 Å². The Bertz CT molecular complexity index is 764. The van der Waals surface area contributed by atoms with E-state index in [1.807, 2.05) is 48.0 Å². The summed E-state index contributed by atoms with van der Waals surface area (Å²) < 4.78 is 1.95. The molecular formula is C20H23N3O2. The van der Waals surface area contributed by atoms with Gasteiger partial charge in [-0.2, -0.15) is 0 Å². The van der Waals surface area contributed by atoms with Crippen LogP contribution in [0.4, 0.5) is 0 Å². The first-order valence-electron chi connectivity index (χ1n) is 8.73. The maximum absolute atomic E-state index is 12.5. The highest BCUT2D eigenvalue weighted by Gasteiger charge is 2.26. The van der Waals surface area contributed by atoms with E-state index in [2.05, 4.69) is 10.3 Å². The molecule has 0 radical (unpaired) electrons. The number of aromatic nitrogens is 2. The molecular weight excluding hydrogens is 314 g/mol. The van der Waals surface area contributed by atoms with Crippen LogP contribution in [0.3, 0.4) is 0 Å². The Hall–Kier alpha value is -2.69. The van der Waals surface area contributed by atoms with Crippen LogP contribution < -0.4 is 5.32 Å². The third-order valence-corrected chi connectivity index (χ3v) is 4.61. The highest BCUT2D eigenvalue weighted by Crippen LogP contribution is 2.33. The highest BCUT2D eigenvalue weighted by molar-refractivity contribution is 6.10. The standard InChI is InChI=1S/C20H23N3O2/c1-2-16(13-23-11-10-21-14-23)22-20(25)12-18-17(8-9-19(18)24)15-6-4-3-5-7-15/h3-7,10-11,14,16H,2,8-9,12-13H2,1H3,(H,22,25)/t16-/m0/s1. The number of hydrogen-bond acceptors (Lipinski definition) is 3. The topological polar surface area (TPSA) is 64.0 Å². The monoisotopic (exact) mass is 337 g/mol. The Labute approximate surface area is 147 Å². The normalized spacial score (nSPS) is 15.5. The van der Waals surface area contributed by atoms with Crippen molar-refractivity contribution in [2.45, 2.75) is 45.2 Å². The van der Waals surface area contributed by atoms with Crippen molar-refractivity contribution in [2.24, 2.45) is 0 Å². The second kappa shape index (κ2) is 7.92. The summed E-state index contributed by atoms with van der Waals surface area (Å²) in [5.74, 6) is 0.00214. The van der Waals surface area contributed by atoms with Gasteiger partial charge in [0.1, 0.15) is 0 Å². The number of ketones is 1. The van der Waals surface area contributed by atoms with Gasteiger partial charge in [-0.3, -0.25) is 9.59 Å². The Balaban J connectivity index is 1.69. The lowest BCUT2D eigenvalue weighted by atomic mass is 10.00. The molecule has 1 amide bonds. The lowest BCUT2D eigenvalue weighted by Gasteiger charge is -2.18. The van der Waals surface area contributed by atoms with Gasteiger partial charge < -0.3 is 9.88 Å². The van der Waals surface area contributed by atoms with Crippen molar-refractivity contribution in [1.82, 2.24) is 14.9 Å². The van der Waals surface area contributed by atoms with Crippen molar-refractivity contribution in [3.63, 3.8) is 0 Å². The lowest BCUT2D eigenvalue weighted by Crippen LogP contribution is -2.37. The van der Waals surface area contributed by atoms with Crippen LogP contribution in [0.15, 0.2) is 54.6 Å². The van der Waals surface area contributed by atoms with Gasteiger partial charge in [0.05, 0.1) is 12.7 Å². The molecule has 0 unspecified atom stereocenters. The first-order valence-corrected chi connectivity index (χ1v) is 8.73. The molecule has 1 heterocycles. The van der Waals surface area contributed by atoms with Gasteiger partial charge in [-0.05, 0) is 24.0 Å². The van der Waals surface area contributed by atoms with Crippen molar-refractivity contribution in [3.8, 4) is 0 Å². The second-order valence-electron chi connectivity index (χ2n) is 6.36. The first kappa shape index (κ1) is 17.1. The predicted molar refractivity (Wildman–Crippen MR) is 96.7 cm³/mol. The molecule has 1 aromatic heterocycles. The minimum Gasteiger partial charge on any atom is -0.351 e. The molecule has 1 aliphatic carbocycles. The smallest absolute Gasteiger partial charge is 0.224 e. The van der Waals surface area contributed by atoms with Crippen LogP contribution in [0.5, 0.6) is 0 Å². The number of benzene rings is 1. The molecule has 0 aliphatic heterocycles. The zero-order valence-corrected chi connectivity index (χ0v) is 14.4. The van der Waals surface area contributed by atoms with E-state index in [4.69, 9.17) is 0 Å². The number of Topliss-reactive ketones (excluding diaryl/α,β-unsaturated/α-hetero) is 1. The third-order valence-electron chi connectivity index (χ3n) is 4.61. The third kappa shape index (κ3) is 4.24. The van der Waals surface area contributed by atoms with E-state index in [0.29, 0.717) is 18.5 Å². The van der Waals surface area contributed by atoms with Crippen molar-refractivity contribution in [1.29, 1.82) is 0 Å². The van der Waals surface area contributed by atoms with Crippen LogP contribution in [0, 0.1) is 0 Å². The molecule has 1 aliphatic rings. The molecule has 0 bridgehead atoms. The van der Waals surface area contributed by atoms with Crippen LogP contribution in [0.1, 0.15) is 38.2 Å². The van der Waals surface area contributed by atoms with E-state index in [-0.39, 0.29) is 24.2 Å². The van der Waals surface area contributed by atoms with Crippen LogP contribution in [-0.2, 0) is 16.1 Å². The van der Waals surface area contributed by atoms with E-state index in [0.717, 1.165) is 24.0 Å². The molecule has 130 valence electrons. The molecule has 25 heavy (non-hydrogen) atoms.